The molecule has 2 fully saturated rings. The first-order chi connectivity index (χ1) is 12.5. The molecule has 4 nitrogen and oxygen atoms in total. The molecule has 146 valence electrons. The second-order valence-corrected chi connectivity index (χ2v) is 9.89. The monoisotopic (exact) mass is 402 g/mol. The van der Waals surface area contributed by atoms with Crippen molar-refractivity contribution in [3.63, 3.8) is 0 Å². The maximum atomic E-state index is 13.9. The van der Waals surface area contributed by atoms with Crippen LogP contribution in [0.25, 0.3) is 0 Å². The molecule has 0 aliphatic carbocycles. The van der Waals surface area contributed by atoms with Gasteiger partial charge in [0.2, 0.25) is 10.0 Å². The lowest BCUT2D eigenvalue weighted by molar-refractivity contribution is 0.186. The van der Waals surface area contributed by atoms with Crippen molar-refractivity contribution >= 4 is 21.6 Å². The minimum Gasteiger partial charge on any atom is -0.303 e. The van der Waals surface area contributed by atoms with Gasteiger partial charge in [-0.3, -0.25) is 0 Å². The van der Waals surface area contributed by atoms with Crippen LogP contribution in [0.2, 0.25) is 5.02 Å². The second kappa shape index (κ2) is 9.00. The van der Waals surface area contributed by atoms with Crippen molar-refractivity contribution in [2.45, 2.75) is 44.3 Å². The average molecular weight is 403 g/mol. The van der Waals surface area contributed by atoms with E-state index in [1.54, 1.807) is 0 Å². The van der Waals surface area contributed by atoms with E-state index >= 15 is 0 Å². The Balaban J connectivity index is 1.55. The normalized spacial score (nSPS) is 21.6. The van der Waals surface area contributed by atoms with Crippen LogP contribution in [0.1, 0.15) is 44.1 Å². The van der Waals surface area contributed by atoms with Crippen LogP contribution in [0.4, 0.5) is 4.39 Å². The number of nitrogens with zero attached hydrogens (tertiary/aromatic N) is 2. The van der Waals surface area contributed by atoms with Gasteiger partial charge in [0.1, 0.15) is 5.82 Å². The zero-order valence-corrected chi connectivity index (χ0v) is 16.7. The Kier molecular flexibility index (Phi) is 6.94. The van der Waals surface area contributed by atoms with Gasteiger partial charge in [-0.25, -0.2) is 17.1 Å². The maximum Gasteiger partial charge on any atom is 0.218 e. The molecule has 0 bridgehead atoms. The van der Waals surface area contributed by atoms with Gasteiger partial charge in [-0.2, -0.15) is 0 Å². The number of rotatable bonds is 5. The lowest BCUT2D eigenvalue weighted by Gasteiger charge is -2.34. The van der Waals surface area contributed by atoms with Crippen molar-refractivity contribution in [2.75, 3.05) is 32.7 Å². The zero-order chi connectivity index (χ0) is 18.6. The summed E-state index contributed by atoms with van der Waals surface area (Å²) < 4.78 is 40.8. The van der Waals surface area contributed by atoms with E-state index in [0.29, 0.717) is 19.0 Å². The highest BCUT2D eigenvalue weighted by Crippen LogP contribution is 2.26. The van der Waals surface area contributed by atoms with E-state index in [9.17, 15) is 12.8 Å². The molecule has 0 radical (unpaired) electrons. The third-order valence-electron chi connectivity index (χ3n) is 5.57. The highest BCUT2D eigenvalue weighted by molar-refractivity contribution is 7.88. The number of sulfonamides is 1. The Morgan fingerprint density at radius 2 is 1.69 bits per heavy atom. The number of hydrogen-bond acceptors (Lipinski definition) is 3. The molecule has 0 saturated carbocycles. The first-order valence-electron chi connectivity index (χ1n) is 9.59. The van der Waals surface area contributed by atoms with Gasteiger partial charge in [-0.05, 0) is 56.8 Å². The van der Waals surface area contributed by atoms with Gasteiger partial charge in [0.25, 0.3) is 0 Å². The van der Waals surface area contributed by atoms with Crippen LogP contribution < -0.4 is 0 Å². The van der Waals surface area contributed by atoms with E-state index < -0.39 is 15.8 Å². The smallest absolute Gasteiger partial charge is 0.218 e. The van der Waals surface area contributed by atoms with Crippen LogP contribution in [-0.2, 0) is 15.8 Å². The maximum absolute atomic E-state index is 13.9. The van der Waals surface area contributed by atoms with E-state index in [1.165, 1.54) is 61.3 Å². The number of benzene rings is 1. The van der Waals surface area contributed by atoms with Gasteiger partial charge >= 0.3 is 0 Å². The van der Waals surface area contributed by atoms with E-state index in [-0.39, 0.29) is 16.3 Å². The number of piperidine rings is 1. The van der Waals surface area contributed by atoms with Crippen LogP contribution in [0.5, 0.6) is 0 Å². The van der Waals surface area contributed by atoms with Crippen LogP contribution in [0, 0.1) is 11.7 Å². The summed E-state index contributed by atoms with van der Waals surface area (Å²) in [4.78, 5) is 2.54. The molecule has 0 spiro atoms. The molecule has 0 N–H and O–H groups in total. The largest absolute Gasteiger partial charge is 0.303 e. The first kappa shape index (κ1) is 20.1. The van der Waals surface area contributed by atoms with E-state index in [4.69, 9.17) is 11.6 Å². The second-order valence-electron chi connectivity index (χ2n) is 7.51. The van der Waals surface area contributed by atoms with Gasteiger partial charge in [0, 0.05) is 30.2 Å². The minimum absolute atomic E-state index is 0.0702. The van der Waals surface area contributed by atoms with Crippen LogP contribution in [-0.4, -0.2) is 50.3 Å². The number of likely N-dealkylation sites (tertiary alicyclic amines) is 1. The van der Waals surface area contributed by atoms with Gasteiger partial charge in [-0.15, -0.1) is 0 Å². The fourth-order valence-electron chi connectivity index (χ4n) is 4.00. The summed E-state index contributed by atoms with van der Waals surface area (Å²) in [6.45, 7) is 4.46. The fraction of sp³-hybridized carbons (Fsp3) is 0.684. The molecule has 0 aromatic heterocycles. The number of hydrogen-bond donors (Lipinski definition) is 0. The third kappa shape index (κ3) is 5.18. The third-order valence-corrected chi connectivity index (χ3v) is 7.73. The molecular formula is C19H28ClFN2O2S. The molecule has 7 heteroatoms. The summed E-state index contributed by atoms with van der Waals surface area (Å²) in [6, 6.07) is 4.27. The highest BCUT2D eigenvalue weighted by atomic mass is 35.5. The Bertz CT molecular complexity index is 677. The molecule has 0 amide bonds. The molecule has 2 saturated heterocycles. The van der Waals surface area contributed by atoms with E-state index in [1.807, 2.05) is 0 Å². The van der Waals surface area contributed by atoms with Crippen LogP contribution >= 0.6 is 11.6 Å². The predicted molar refractivity (Wildman–Crippen MR) is 103 cm³/mol. The predicted octanol–water partition coefficient (Wildman–Crippen LogP) is 3.90. The van der Waals surface area contributed by atoms with Crippen molar-refractivity contribution in [2.24, 2.45) is 5.92 Å². The molecule has 2 aliphatic heterocycles. The molecule has 26 heavy (non-hydrogen) atoms. The first-order valence-corrected chi connectivity index (χ1v) is 11.6. The zero-order valence-electron chi connectivity index (χ0n) is 15.2. The minimum atomic E-state index is -3.55. The molecule has 1 aromatic carbocycles. The molecular weight excluding hydrogens is 375 g/mol. The molecule has 2 aliphatic rings. The van der Waals surface area contributed by atoms with E-state index in [2.05, 4.69) is 4.90 Å². The van der Waals surface area contributed by atoms with Crippen molar-refractivity contribution in [3.05, 3.63) is 34.6 Å². The molecule has 0 unspecified atom stereocenters. The van der Waals surface area contributed by atoms with Crippen molar-refractivity contribution in [3.8, 4) is 0 Å². The summed E-state index contributed by atoms with van der Waals surface area (Å²) in [5.41, 5.74) is 0.0702. The van der Waals surface area contributed by atoms with Gasteiger partial charge < -0.3 is 4.90 Å². The van der Waals surface area contributed by atoms with Crippen LogP contribution in [0.3, 0.4) is 0 Å². The van der Waals surface area contributed by atoms with Gasteiger partial charge in [0.15, 0.2) is 0 Å². The Hall–Kier alpha value is -0.690. The summed E-state index contributed by atoms with van der Waals surface area (Å²) in [5, 5.41) is 0.171. The lowest BCUT2D eigenvalue weighted by atomic mass is 9.97. The SMILES string of the molecule is O=S(=O)(Cc1c(F)cccc1Cl)N1CCC(CN2CCCCCC2)CC1. The molecule has 3 rings (SSSR count). The average Bonchev–Trinajstić information content (AvgIpc) is 2.88. The molecule has 0 atom stereocenters. The summed E-state index contributed by atoms with van der Waals surface area (Å²) in [6.07, 6.45) is 6.95. The summed E-state index contributed by atoms with van der Waals surface area (Å²) in [5.74, 6) is -0.372. The van der Waals surface area contributed by atoms with Gasteiger partial charge in [0.05, 0.1) is 5.75 Å². The van der Waals surface area contributed by atoms with Crippen molar-refractivity contribution in [1.82, 2.24) is 9.21 Å². The standard InChI is InChI=1S/C19H28ClFN2O2S/c20-18-6-5-7-19(21)17(18)15-26(24,25)23-12-8-16(9-13-23)14-22-10-3-1-2-4-11-22/h5-7,16H,1-4,8-15H2. The topological polar surface area (TPSA) is 40.6 Å². The summed E-state index contributed by atoms with van der Waals surface area (Å²) in [7, 11) is -3.55. The molecule has 1 aromatic rings. The molecule has 2 heterocycles. The number of halogens is 2. The quantitative estimate of drug-likeness (QED) is 0.750. The Labute approximate surface area is 161 Å². The van der Waals surface area contributed by atoms with E-state index in [0.717, 1.165) is 19.4 Å². The van der Waals surface area contributed by atoms with Crippen molar-refractivity contribution in [1.29, 1.82) is 0 Å². The fourth-order valence-corrected chi connectivity index (χ4v) is 5.91. The van der Waals surface area contributed by atoms with Crippen LogP contribution in [0.15, 0.2) is 18.2 Å². The Morgan fingerprint density at radius 3 is 2.31 bits per heavy atom. The highest BCUT2D eigenvalue weighted by Gasteiger charge is 2.30. The van der Waals surface area contributed by atoms with Crippen molar-refractivity contribution < 1.29 is 12.8 Å². The lowest BCUT2D eigenvalue weighted by Crippen LogP contribution is -2.42. The Morgan fingerprint density at radius 1 is 1.04 bits per heavy atom. The van der Waals surface area contributed by atoms with Gasteiger partial charge in [-0.1, -0.05) is 30.5 Å². The summed E-state index contributed by atoms with van der Waals surface area (Å²) >= 11 is 5.99.